The highest BCUT2D eigenvalue weighted by Gasteiger charge is 2.29. The van der Waals surface area contributed by atoms with E-state index in [0.717, 1.165) is 48.2 Å². The van der Waals surface area contributed by atoms with E-state index in [0.29, 0.717) is 11.8 Å². The zero-order valence-corrected chi connectivity index (χ0v) is 16.7. The van der Waals surface area contributed by atoms with Crippen molar-refractivity contribution in [2.75, 3.05) is 26.7 Å². The highest BCUT2D eigenvalue weighted by molar-refractivity contribution is 6.06. The normalized spacial score (nSPS) is 19.6. The molecule has 0 spiro atoms. The Labute approximate surface area is 167 Å². The van der Waals surface area contributed by atoms with Crippen LogP contribution in [0.3, 0.4) is 0 Å². The second-order valence-electron chi connectivity index (χ2n) is 7.20. The van der Waals surface area contributed by atoms with Crippen LogP contribution in [0.2, 0.25) is 0 Å². The predicted octanol–water partition coefficient (Wildman–Crippen LogP) is 4.03. The van der Waals surface area contributed by atoms with Crippen LogP contribution in [0.4, 0.5) is 0 Å². The minimum absolute atomic E-state index is 0. The van der Waals surface area contributed by atoms with E-state index in [2.05, 4.69) is 11.4 Å². The second kappa shape index (κ2) is 9.03. The molecule has 142 valence electrons. The number of benzene rings is 1. The lowest BCUT2D eigenvalue weighted by molar-refractivity contribution is 0.0676. The van der Waals surface area contributed by atoms with E-state index in [1.807, 2.05) is 36.2 Å². The number of halogens is 2. The summed E-state index contributed by atoms with van der Waals surface area (Å²) in [5.41, 5.74) is 2.89. The number of piperidine rings is 1. The molecule has 1 saturated heterocycles. The van der Waals surface area contributed by atoms with Crippen LogP contribution in [0.15, 0.2) is 30.3 Å². The number of likely N-dealkylation sites (tertiary alicyclic amines) is 1. The number of fused-ring (bicyclic) bond motifs is 1. The number of hydrogen-bond donors (Lipinski definition) is 1. The first-order valence-electron chi connectivity index (χ1n) is 9.10. The van der Waals surface area contributed by atoms with E-state index in [-0.39, 0.29) is 30.7 Å². The number of aromatic nitrogens is 1. The smallest absolute Gasteiger partial charge is 0.254 e. The van der Waals surface area contributed by atoms with Gasteiger partial charge in [0.2, 0.25) is 0 Å². The van der Waals surface area contributed by atoms with Gasteiger partial charge in [0.05, 0.1) is 11.1 Å². The molecule has 2 aliphatic rings. The summed E-state index contributed by atoms with van der Waals surface area (Å²) in [6, 6.07) is 10.1. The van der Waals surface area contributed by atoms with Crippen molar-refractivity contribution in [1.82, 2.24) is 15.2 Å². The van der Waals surface area contributed by atoms with Gasteiger partial charge in [0.1, 0.15) is 0 Å². The van der Waals surface area contributed by atoms with Gasteiger partial charge in [0.25, 0.3) is 5.91 Å². The number of pyridine rings is 1. The molecule has 6 heteroatoms. The number of carbonyl (C=O) groups is 1. The Morgan fingerprint density at radius 3 is 2.73 bits per heavy atom. The Bertz CT molecular complexity index is 762. The van der Waals surface area contributed by atoms with Crippen LogP contribution >= 0.6 is 24.8 Å². The summed E-state index contributed by atoms with van der Waals surface area (Å²) in [7, 11) is 1.99. The molecule has 2 heterocycles. The Hall–Kier alpha value is -1.36. The standard InChI is InChI=1S/C20H25N3O.2ClH/c1-21-12-14-5-4-10-23(13-14)20(24)17-11-19(15-8-9-15)22-18-7-3-2-6-16(17)18;;/h2-3,6-7,11,14-15,21H,4-5,8-10,12-13H2,1H3;2*1H. The molecule has 1 aliphatic heterocycles. The molecular weight excluding hydrogens is 369 g/mol. The average molecular weight is 396 g/mol. The summed E-state index contributed by atoms with van der Waals surface area (Å²) in [6.45, 7) is 2.71. The van der Waals surface area contributed by atoms with Gasteiger partial charge < -0.3 is 10.2 Å². The summed E-state index contributed by atoms with van der Waals surface area (Å²) in [5.74, 6) is 1.29. The third-order valence-electron chi connectivity index (χ3n) is 5.26. The molecular formula is C20H27Cl2N3O. The largest absolute Gasteiger partial charge is 0.338 e. The van der Waals surface area contributed by atoms with Crippen LogP contribution < -0.4 is 5.32 Å². The van der Waals surface area contributed by atoms with Crippen LogP contribution in [-0.2, 0) is 0 Å². The fourth-order valence-corrected chi connectivity index (χ4v) is 3.84. The topological polar surface area (TPSA) is 45.2 Å². The number of hydrogen-bond acceptors (Lipinski definition) is 3. The lowest BCUT2D eigenvalue weighted by Crippen LogP contribution is -2.42. The van der Waals surface area contributed by atoms with Crippen LogP contribution in [0.5, 0.6) is 0 Å². The molecule has 1 N–H and O–H groups in total. The molecule has 4 rings (SSSR count). The van der Waals surface area contributed by atoms with E-state index in [9.17, 15) is 4.79 Å². The lowest BCUT2D eigenvalue weighted by Gasteiger charge is -2.33. The van der Waals surface area contributed by atoms with Gasteiger partial charge >= 0.3 is 0 Å². The van der Waals surface area contributed by atoms with E-state index in [1.54, 1.807) is 0 Å². The predicted molar refractivity (Wildman–Crippen MR) is 111 cm³/mol. The summed E-state index contributed by atoms with van der Waals surface area (Å²) in [5, 5.41) is 4.24. The monoisotopic (exact) mass is 395 g/mol. The van der Waals surface area contributed by atoms with Crippen molar-refractivity contribution in [1.29, 1.82) is 0 Å². The van der Waals surface area contributed by atoms with Crippen molar-refractivity contribution in [2.45, 2.75) is 31.6 Å². The van der Waals surface area contributed by atoms with Crippen molar-refractivity contribution < 1.29 is 4.79 Å². The summed E-state index contributed by atoms with van der Waals surface area (Å²) >= 11 is 0. The molecule has 1 aromatic carbocycles. The van der Waals surface area contributed by atoms with E-state index < -0.39 is 0 Å². The minimum Gasteiger partial charge on any atom is -0.338 e. The molecule has 1 saturated carbocycles. The molecule has 2 aromatic rings. The zero-order valence-electron chi connectivity index (χ0n) is 15.1. The van der Waals surface area contributed by atoms with Crippen molar-refractivity contribution in [3.63, 3.8) is 0 Å². The maximum atomic E-state index is 13.2. The first-order chi connectivity index (χ1) is 11.8. The first-order valence-corrected chi connectivity index (χ1v) is 9.10. The van der Waals surface area contributed by atoms with Crippen LogP contribution in [0.1, 0.15) is 47.7 Å². The van der Waals surface area contributed by atoms with Gasteiger partial charge in [0, 0.05) is 30.1 Å². The summed E-state index contributed by atoms with van der Waals surface area (Å²) < 4.78 is 0. The summed E-state index contributed by atoms with van der Waals surface area (Å²) in [6.07, 6.45) is 4.70. The number of amides is 1. The Balaban J connectivity index is 0.00000121. The average Bonchev–Trinajstić information content (AvgIpc) is 3.46. The second-order valence-corrected chi connectivity index (χ2v) is 7.20. The van der Waals surface area contributed by atoms with Crippen molar-refractivity contribution in [3.05, 3.63) is 41.6 Å². The number of para-hydroxylation sites is 1. The number of rotatable bonds is 4. The molecule has 26 heavy (non-hydrogen) atoms. The Morgan fingerprint density at radius 2 is 2.00 bits per heavy atom. The third-order valence-corrected chi connectivity index (χ3v) is 5.26. The molecule has 1 atom stereocenters. The van der Waals surface area contributed by atoms with Crippen LogP contribution in [0.25, 0.3) is 10.9 Å². The molecule has 1 unspecified atom stereocenters. The first kappa shape index (κ1) is 20.9. The van der Waals surface area contributed by atoms with Gasteiger partial charge in [-0.2, -0.15) is 0 Å². The van der Waals surface area contributed by atoms with Crippen LogP contribution in [-0.4, -0.2) is 42.5 Å². The van der Waals surface area contributed by atoms with E-state index in [4.69, 9.17) is 4.98 Å². The fraction of sp³-hybridized carbons (Fsp3) is 0.500. The van der Waals surface area contributed by atoms with Gasteiger partial charge in [-0.05, 0) is 57.3 Å². The molecule has 1 amide bonds. The lowest BCUT2D eigenvalue weighted by atomic mass is 9.96. The number of nitrogens with one attached hydrogen (secondary N) is 1. The molecule has 1 aromatic heterocycles. The van der Waals surface area contributed by atoms with Gasteiger partial charge in [-0.15, -0.1) is 24.8 Å². The minimum atomic E-state index is 0. The molecule has 0 bridgehead atoms. The van der Waals surface area contributed by atoms with E-state index >= 15 is 0 Å². The molecule has 0 radical (unpaired) electrons. The van der Waals surface area contributed by atoms with Gasteiger partial charge in [0.15, 0.2) is 0 Å². The quantitative estimate of drug-likeness (QED) is 0.849. The highest BCUT2D eigenvalue weighted by atomic mass is 35.5. The maximum Gasteiger partial charge on any atom is 0.254 e. The zero-order chi connectivity index (χ0) is 16.5. The fourth-order valence-electron chi connectivity index (χ4n) is 3.84. The van der Waals surface area contributed by atoms with Crippen LogP contribution in [0, 0.1) is 5.92 Å². The van der Waals surface area contributed by atoms with Crippen molar-refractivity contribution >= 4 is 41.6 Å². The Morgan fingerprint density at radius 1 is 1.23 bits per heavy atom. The number of carbonyl (C=O) groups excluding carboxylic acids is 1. The molecule has 4 nitrogen and oxygen atoms in total. The van der Waals surface area contributed by atoms with Gasteiger partial charge in [-0.25, -0.2) is 0 Å². The SMILES string of the molecule is CNCC1CCCN(C(=O)c2cc(C3CC3)nc3ccccc23)C1.Cl.Cl. The summed E-state index contributed by atoms with van der Waals surface area (Å²) in [4.78, 5) is 20.1. The third kappa shape index (κ3) is 4.30. The van der Waals surface area contributed by atoms with Crippen molar-refractivity contribution in [3.8, 4) is 0 Å². The van der Waals surface area contributed by atoms with Crippen molar-refractivity contribution in [2.24, 2.45) is 5.92 Å². The Kier molecular flexibility index (Phi) is 7.27. The van der Waals surface area contributed by atoms with Gasteiger partial charge in [-0.3, -0.25) is 9.78 Å². The number of nitrogens with zero attached hydrogens (tertiary/aromatic N) is 2. The molecule has 2 fully saturated rings. The van der Waals surface area contributed by atoms with E-state index in [1.165, 1.54) is 19.3 Å². The van der Waals surface area contributed by atoms with Gasteiger partial charge in [-0.1, -0.05) is 18.2 Å². The molecule has 1 aliphatic carbocycles. The highest BCUT2D eigenvalue weighted by Crippen LogP contribution is 2.40. The maximum absolute atomic E-state index is 13.2.